The van der Waals surface area contributed by atoms with E-state index in [0.29, 0.717) is 36.2 Å². The fraction of sp³-hybridized carbons (Fsp3) is 0.565. The molecule has 0 unspecified atom stereocenters. The number of carbonyl (C=O) groups is 2. The summed E-state index contributed by atoms with van der Waals surface area (Å²) in [4.78, 5) is 28.7. The van der Waals surface area contributed by atoms with Crippen molar-refractivity contribution in [2.75, 3.05) is 14.2 Å². The van der Waals surface area contributed by atoms with Gasteiger partial charge in [-0.15, -0.1) is 0 Å². The topological polar surface area (TPSA) is 116 Å². The van der Waals surface area contributed by atoms with Gasteiger partial charge in [-0.1, -0.05) is 36.9 Å². The number of nitrogens with one attached hydrogen (secondary N) is 2. The van der Waals surface area contributed by atoms with Gasteiger partial charge in [0, 0.05) is 26.3 Å². The first kappa shape index (κ1) is 23.6. The van der Waals surface area contributed by atoms with Crippen molar-refractivity contribution in [3.8, 4) is 11.5 Å². The third kappa shape index (κ3) is 5.99. The van der Waals surface area contributed by atoms with Crippen LogP contribution >= 0.6 is 0 Å². The van der Waals surface area contributed by atoms with E-state index in [1.54, 1.807) is 20.3 Å². The number of benzene rings is 1. The third-order valence-electron chi connectivity index (χ3n) is 5.77. The molecule has 1 aliphatic carbocycles. The maximum atomic E-state index is 12.3. The summed E-state index contributed by atoms with van der Waals surface area (Å²) in [6.07, 6.45) is 6.40. The van der Waals surface area contributed by atoms with E-state index < -0.39 is 5.54 Å². The van der Waals surface area contributed by atoms with Crippen LogP contribution in [0.4, 0.5) is 0 Å². The summed E-state index contributed by atoms with van der Waals surface area (Å²) in [6, 6.07) is 5.51. The second-order valence-corrected chi connectivity index (χ2v) is 8.16. The van der Waals surface area contributed by atoms with Crippen molar-refractivity contribution >= 4 is 11.8 Å². The van der Waals surface area contributed by atoms with E-state index >= 15 is 0 Å². The van der Waals surface area contributed by atoms with Gasteiger partial charge in [0.05, 0.1) is 14.2 Å². The summed E-state index contributed by atoms with van der Waals surface area (Å²) >= 11 is 0. The zero-order valence-corrected chi connectivity index (χ0v) is 19.0. The zero-order valence-electron chi connectivity index (χ0n) is 19.0. The number of carbonyl (C=O) groups excluding carboxylic acids is 2. The Kier molecular flexibility index (Phi) is 8.08. The monoisotopic (exact) mass is 444 g/mol. The van der Waals surface area contributed by atoms with Crippen molar-refractivity contribution in [3.05, 3.63) is 35.5 Å². The molecule has 1 fully saturated rings. The minimum Gasteiger partial charge on any atom is -0.493 e. The number of hydrogen-bond donors (Lipinski definition) is 2. The van der Waals surface area contributed by atoms with Gasteiger partial charge in [0.15, 0.2) is 17.3 Å². The maximum absolute atomic E-state index is 12.3. The summed E-state index contributed by atoms with van der Waals surface area (Å²) in [6.45, 7) is 1.89. The van der Waals surface area contributed by atoms with Crippen LogP contribution in [0.2, 0.25) is 0 Å². The van der Waals surface area contributed by atoms with Gasteiger partial charge in [-0.2, -0.15) is 4.98 Å². The number of hydrogen-bond acceptors (Lipinski definition) is 7. The number of amides is 2. The highest BCUT2D eigenvalue weighted by atomic mass is 16.5. The van der Waals surface area contributed by atoms with Gasteiger partial charge in [0.1, 0.15) is 5.54 Å². The second-order valence-electron chi connectivity index (χ2n) is 8.16. The van der Waals surface area contributed by atoms with Gasteiger partial charge >= 0.3 is 0 Å². The summed E-state index contributed by atoms with van der Waals surface area (Å²) < 4.78 is 15.9. The Morgan fingerprint density at radius 2 is 1.81 bits per heavy atom. The lowest BCUT2D eigenvalue weighted by Crippen LogP contribution is -2.45. The Bertz CT molecular complexity index is 919. The Morgan fingerprint density at radius 3 is 2.47 bits per heavy atom. The van der Waals surface area contributed by atoms with Gasteiger partial charge in [-0.25, -0.2) is 0 Å². The fourth-order valence-electron chi connectivity index (χ4n) is 4.12. The van der Waals surface area contributed by atoms with Crippen molar-refractivity contribution in [2.45, 2.75) is 70.4 Å². The smallest absolute Gasteiger partial charge is 0.227 e. The summed E-state index contributed by atoms with van der Waals surface area (Å²) in [5.41, 5.74) is 0.321. The van der Waals surface area contributed by atoms with E-state index in [1.807, 2.05) is 12.1 Å². The number of aryl methyl sites for hydroxylation is 1. The first-order chi connectivity index (χ1) is 15.5. The van der Waals surface area contributed by atoms with Gasteiger partial charge < -0.3 is 24.6 Å². The molecule has 1 aromatic carbocycles. The number of ether oxygens (including phenoxy) is 2. The summed E-state index contributed by atoms with van der Waals surface area (Å²) in [5, 5.41) is 10.1. The molecule has 32 heavy (non-hydrogen) atoms. The molecule has 9 heteroatoms. The quantitative estimate of drug-likeness (QED) is 0.571. The average Bonchev–Trinajstić information content (AvgIpc) is 3.15. The highest BCUT2D eigenvalue weighted by molar-refractivity contribution is 5.76. The highest BCUT2D eigenvalue weighted by Gasteiger charge is 2.38. The van der Waals surface area contributed by atoms with Crippen LogP contribution in [-0.4, -0.2) is 36.2 Å². The van der Waals surface area contributed by atoms with Gasteiger partial charge in [-0.05, 0) is 30.5 Å². The molecule has 3 rings (SSSR count). The molecule has 0 saturated heterocycles. The van der Waals surface area contributed by atoms with Crippen molar-refractivity contribution in [1.29, 1.82) is 0 Å². The lowest BCUT2D eigenvalue weighted by atomic mass is 9.89. The number of aromatic nitrogens is 2. The first-order valence-electron chi connectivity index (χ1n) is 11.0. The third-order valence-corrected chi connectivity index (χ3v) is 5.77. The van der Waals surface area contributed by atoms with E-state index in [0.717, 1.165) is 44.1 Å². The molecule has 0 spiro atoms. The molecule has 0 atom stereocenters. The molecular formula is C23H32N4O5. The molecular weight excluding hydrogens is 412 g/mol. The predicted molar refractivity (Wildman–Crippen MR) is 117 cm³/mol. The normalized spacial score (nSPS) is 15.5. The van der Waals surface area contributed by atoms with E-state index in [1.165, 1.54) is 6.92 Å². The van der Waals surface area contributed by atoms with Gasteiger partial charge in [0.25, 0.3) is 0 Å². The SMILES string of the molecule is COc1ccc(CNC(=O)CCc2nc(C3(NC(C)=O)CCCCCC3)no2)cc1OC. The Morgan fingerprint density at radius 1 is 1.09 bits per heavy atom. The average molecular weight is 445 g/mol. The van der Waals surface area contributed by atoms with E-state index in [2.05, 4.69) is 20.8 Å². The van der Waals surface area contributed by atoms with Crippen molar-refractivity contribution in [2.24, 2.45) is 0 Å². The Labute approximate surface area is 188 Å². The Balaban J connectivity index is 1.56. The highest BCUT2D eigenvalue weighted by Crippen LogP contribution is 2.34. The lowest BCUT2D eigenvalue weighted by Gasteiger charge is -2.30. The van der Waals surface area contributed by atoms with Crippen LogP contribution in [-0.2, 0) is 28.1 Å². The summed E-state index contributed by atoms with van der Waals surface area (Å²) in [5.74, 6) is 1.94. The van der Waals surface area contributed by atoms with E-state index in [-0.39, 0.29) is 18.2 Å². The van der Waals surface area contributed by atoms with Crippen LogP contribution in [0.15, 0.2) is 22.7 Å². The van der Waals surface area contributed by atoms with E-state index in [4.69, 9.17) is 14.0 Å². The summed E-state index contributed by atoms with van der Waals surface area (Å²) in [7, 11) is 3.15. The number of rotatable bonds is 9. The molecule has 2 N–H and O–H groups in total. The molecule has 0 radical (unpaired) electrons. The first-order valence-corrected chi connectivity index (χ1v) is 11.0. The lowest BCUT2D eigenvalue weighted by molar-refractivity contribution is -0.122. The van der Waals surface area contributed by atoms with E-state index in [9.17, 15) is 9.59 Å². The number of nitrogens with zero attached hydrogens (tertiary/aromatic N) is 2. The standard InChI is InChI=1S/C23H32N4O5/c1-16(28)26-23(12-6-4-5-7-13-23)22-25-21(32-27-22)11-10-20(29)24-15-17-8-9-18(30-2)19(14-17)31-3/h8-9,14H,4-7,10-13,15H2,1-3H3,(H,24,29)(H,26,28). The van der Waals surface area contributed by atoms with Crippen molar-refractivity contribution in [3.63, 3.8) is 0 Å². The van der Waals surface area contributed by atoms with Crippen LogP contribution in [0.1, 0.15) is 69.1 Å². The molecule has 0 bridgehead atoms. The van der Waals surface area contributed by atoms with Crippen LogP contribution in [0, 0.1) is 0 Å². The number of methoxy groups -OCH3 is 2. The molecule has 1 saturated carbocycles. The van der Waals surface area contributed by atoms with Crippen LogP contribution in [0.3, 0.4) is 0 Å². The molecule has 174 valence electrons. The zero-order chi connectivity index (χ0) is 23.0. The Hall–Kier alpha value is -3.10. The molecule has 2 aromatic rings. The second kappa shape index (κ2) is 11.0. The maximum Gasteiger partial charge on any atom is 0.227 e. The molecule has 2 amide bonds. The molecule has 0 aliphatic heterocycles. The predicted octanol–water partition coefficient (Wildman–Crippen LogP) is 3.02. The molecule has 1 heterocycles. The minimum atomic E-state index is -0.584. The van der Waals surface area contributed by atoms with Gasteiger partial charge in [-0.3, -0.25) is 9.59 Å². The molecule has 1 aromatic heterocycles. The van der Waals surface area contributed by atoms with Crippen molar-refractivity contribution in [1.82, 2.24) is 20.8 Å². The molecule has 1 aliphatic rings. The van der Waals surface area contributed by atoms with Gasteiger partial charge in [0.2, 0.25) is 17.7 Å². The van der Waals surface area contributed by atoms with Crippen LogP contribution in [0.25, 0.3) is 0 Å². The van der Waals surface area contributed by atoms with Crippen molar-refractivity contribution < 1.29 is 23.6 Å². The van der Waals surface area contributed by atoms with Crippen LogP contribution < -0.4 is 20.1 Å². The fourth-order valence-corrected chi connectivity index (χ4v) is 4.12. The molecule has 9 nitrogen and oxygen atoms in total. The van der Waals surface area contributed by atoms with Crippen LogP contribution in [0.5, 0.6) is 11.5 Å². The minimum absolute atomic E-state index is 0.104. The largest absolute Gasteiger partial charge is 0.493 e.